The van der Waals surface area contributed by atoms with Crippen LogP contribution in [0.3, 0.4) is 0 Å². The minimum absolute atomic E-state index is 0.163. The molecule has 0 spiro atoms. The van der Waals surface area contributed by atoms with E-state index in [4.69, 9.17) is 16.0 Å². The predicted octanol–water partition coefficient (Wildman–Crippen LogP) is 1.82. The van der Waals surface area contributed by atoms with E-state index < -0.39 is 25.1 Å². The summed E-state index contributed by atoms with van der Waals surface area (Å²) in [4.78, 5) is 0.163. The van der Waals surface area contributed by atoms with Gasteiger partial charge in [-0.3, -0.25) is 0 Å². The summed E-state index contributed by atoms with van der Waals surface area (Å²) in [6, 6.07) is 5.93. The summed E-state index contributed by atoms with van der Waals surface area (Å²) >= 11 is 5.73. The van der Waals surface area contributed by atoms with Crippen LogP contribution in [-0.2, 0) is 26.3 Å². The van der Waals surface area contributed by atoms with Crippen molar-refractivity contribution in [2.45, 2.75) is 35.8 Å². The molecule has 0 fully saturated rings. The second kappa shape index (κ2) is 8.26. The van der Waals surface area contributed by atoms with Gasteiger partial charge in [-0.1, -0.05) is 23.1 Å². The van der Waals surface area contributed by atoms with Gasteiger partial charge in [-0.05, 0) is 37.1 Å². The number of nitrogens with zero attached hydrogens (tertiary/aromatic N) is 2. The second-order valence-corrected chi connectivity index (χ2v) is 9.49. The third-order valence-corrected chi connectivity index (χ3v) is 5.78. The maximum absolute atomic E-state index is 12.1. The molecule has 1 heterocycles. The minimum Gasteiger partial charge on any atom is -0.413 e. The summed E-state index contributed by atoms with van der Waals surface area (Å²) in [5.74, 6) is 0.252. The molecule has 0 atom stereocenters. The molecular formula is C14H18ClN3O5S2. The van der Waals surface area contributed by atoms with Gasteiger partial charge in [0, 0.05) is 24.2 Å². The van der Waals surface area contributed by atoms with E-state index in [1.165, 1.54) is 24.3 Å². The third kappa shape index (κ3) is 6.07. The van der Waals surface area contributed by atoms with Crippen LogP contribution >= 0.6 is 11.6 Å². The quantitative estimate of drug-likeness (QED) is 0.629. The molecule has 0 amide bonds. The van der Waals surface area contributed by atoms with E-state index in [1.54, 1.807) is 0 Å². The normalized spacial score (nSPS) is 12.4. The molecule has 1 N–H and O–H groups in total. The summed E-state index contributed by atoms with van der Waals surface area (Å²) in [6.45, 7) is 0.295. The second-order valence-electron chi connectivity index (χ2n) is 5.40. The number of hydrogen-bond acceptors (Lipinski definition) is 7. The summed E-state index contributed by atoms with van der Waals surface area (Å²) in [7, 11) is -7.04. The van der Waals surface area contributed by atoms with Gasteiger partial charge in [-0.2, -0.15) is 0 Å². The number of sulfonamides is 1. The first-order chi connectivity index (χ1) is 11.7. The molecule has 0 bridgehead atoms. The number of sulfone groups is 1. The monoisotopic (exact) mass is 407 g/mol. The van der Waals surface area contributed by atoms with Crippen LogP contribution in [-0.4, -0.2) is 39.8 Å². The van der Waals surface area contributed by atoms with E-state index in [2.05, 4.69) is 14.9 Å². The minimum atomic E-state index is -3.55. The summed E-state index contributed by atoms with van der Waals surface area (Å²) in [5, 5.41) is 7.22. The fourth-order valence-electron chi connectivity index (χ4n) is 1.97. The van der Waals surface area contributed by atoms with Crippen molar-refractivity contribution in [3.63, 3.8) is 0 Å². The maximum atomic E-state index is 12.1. The van der Waals surface area contributed by atoms with Crippen LogP contribution in [0.1, 0.15) is 25.2 Å². The van der Waals surface area contributed by atoms with E-state index >= 15 is 0 Å². The van der Waals surface area contributed by atoms with Crippen molar-refractivity contribution in [2.75, 3.05) is 12.8 Å². The van der Waals surface area contributed by atoms with Crippen molar-refractivity contribution in [3.05, 3.63) is 35.2 Å². The molecule has 25 heavy (non-hydrogen) atoms. The van der Waals surface area contributed by atoms with Crippen LogP contribution in [0.4, 0.5) is 0 Å². The zero-order valence-electron chi connectivity index (χ0n) is 13.5. The number of unbranched alkanes of at least 4 members (excludes halogenated alkanes) is 2. The molecule has 1 aromatic heterocycles. The summed E-state index contributed by atoms with van der Waals surface area (Å²) < 4.78 is 54.1. The Kier molecular flexibility index (Phi) is 6.55. The van der Waals surface area contributed by atoms with Crippen LogP contribution < -0.4 is 4.72 Å². The molecule has 0 radical (unpaired) electrons. The van der Waals surface area contributed by atoms with E-state index in [1.807, 2.05) is 0 Å². The highest BCUT2D eigenvalue weighted by molar-refractivity contribution is 7.90. The molecule has 11 heteroatoms. The van der Waals surface area contributed by atoms with Gasteiger partial charge in [0.05, 0.1) is 4.90 Å². The van der Waals surface area contributed by atoms with Gasteiger partial charge in [0.1, 0.15) is 0 Å². The van der Waals surface area contributed by atoms with Gasteiger partial charge in [0.15, 0.2) is 0 Å². The number of hydrogen-bond donors (Lipinski definition) is 1. The van der Waals surface area contributed by atoms with Crippen LogP contribution in [0.5, 0.6) is 0 Å². The van der Waals surface area contributed by atoms with E-state index in [0.29, 0.717) is 30.8 Å². The molecule has 0 saturated heterocycles. The molecule has 0 aliphatic heterocycles. The molecule has 2 rings (SSSR count). The lowest BCUT2D eigenvalue weighted by molar-refractivity contribution is 0.392. The van der Waals surface area contributed by atoms with E-state index in [9.17, 15) is 16.8 Å². The Morgan fingerprint density at radius 3 is 2.32 bits per heavy atom. The fraction of sp³-hybridized carbons (Fsp3) is 0.429. The van der Waals surface area contributed by atoms with Crippen LogP contribution in [0.15, 0.2) is 38.8 Å². The molecule has 0 aliphatic carbocycles. The van der Waals surface area contributed by atoms with E-state index in [0.717, 1.165) is 12.7 Å². The number of halogens is 1. The topological polar surface area (TPSA) is 119 Å². The van der Waals surface area contributed by atoms with Gasteiger partial charge >= 0.3 is 5.22 Å². The van der Waals surface area contributed by atoms with Gasteiger partial charge in [0.2, 0.25) is 25.8 Å². The average molecular weight is 408 g/mol. The average Bonchev–Trinajstić information content (AvgIpc) is 3.00. The van der Waals surface area contributed by atoms with Crippen molar-refractivity contribution in [1.82, 2.24) is 14.9 Å². The van der Waals surface area contributed by atoms with Crippen LogP contribution in [0.2, 0.25) is 5.02 Å². The van der Waals surface area contributed by atoms with Crippen molar-refractivity contribution in [2.24, 2.45) is 0 Å². The molecule has 0 saturated carbocycles. The molecule has 138 valence electrons. The number of benzene rings is 1. The Balaban J connectivity index is 1.71. The first kappa shape index (κ1) is 19.8. The molecule has 8 nitrogen and oxygen atoms in total. The summed E-state index contributed by atoms with van der Waals surface area (Å²) in [6.07, 6.45) is 3.46. The lowest BCUT2D eigenvalue weighted by Gasteiger charge is -2.06. The molecule has 0 aliphatic rings. The Morgan fingerprint density at radius 1 is 1.04 bits per heavy atom. The Bertz CT molecular complexity index is 908. The molecular weight excluding hydrogens is 390 g/mol. The van der Waals surface area contributed by atoms with Gasteiger partial charge < -0.3 is 4.42 Å². The molecule has 1 aromatic carbocycles. The van der Waals surface area contributed by atoms with E-state index in [-0.39, 0.29) is 10.8 Å². The number of nitrogens with one attached hydrogen (secondary N) is 1. The molecule has 2 aromatic rings. The Labute approximate surface area is 151 Å². The number of aryl methyl sites for hydroxylation is 1. The van der Waals surface area contributed by atoms with Gasteiger partial charge in [-0.25, -0.2) is 21.6 Å². The third-order valence-electron chi connectivity index (χ3n) is 3.25. The standard InChI is InChI=1S/C14H18ClN3O5S2/c1-24(19,20)14-18-17-13(23-14)5-3-2-4-10-16-25(21,22)12-8-6-11(15)7-9-12/h6-9,16H,2-5,10H2,1H3. The highest BCUT2D eigenvalue weighted by Crippen LogP contribution is 2.14. The highest BCUT2D eigenvalue weighted by Gasteiger charge is 2.16. The predicted molar refractivity (Wildman–Crippen MR) is 91.6 cm³/mol. The van der Waals surface area contributed by atoms with Crippen molar-refractivity contribution in [1.29, 1.82) is 0 Å². The lowest BCUT2D eigenvalue weighted by atomic mass is 10.2. The van der Waals surface area contributed by atoms with Crippen molar-refractivity contribution in [3.8, 4) is 0 Å². The SMILES string of the molecule is CS(=O)(=O)c1nnc(CCCCCNS(=O)(=O)c2ccc(Cl)cc2)o1. The fourth-order valence-corrected chi connectivity index (χ4v) is 3.61. The van der Waals surface area contributed by atoms with Crippen molar-refractivity contribution >= 4 is 31.5 Å². The smallest absolute Gasteiger partial charge is 0.335 e. The van der Waals surface area contributed by atoms with Crippen molar-refractivity contribution < 1.29 is 21.3 Å². The molecule has 0 unspecified atom stereocenters. The van der Waals surface area contributed by atoms with Crippen LogP contribution in [0, 0.1) is 0 Å². The first-order valence-electron chi connectivity index (χ1n) is 7.46. The van der Waals surface area contributed by atoms with Gasteiger partial charge in [0.25, 0.3) is 0 Å². The Hall–Kier alpha value is -1.49. The number of aromatic nitrogens is 2. The maximum Gasteiger partial charge on any atom is 0.335 e. The Morgan fingerprint density at radius 2 is 1.72 bits per heavy atom. The first-order valence-corrected chi connectivity index (χ1v) is 11.2. The van der Waals surface area contributed by atoms with Gasteiger partial charge in [-0.15, -0.1) is 5.10 Å². The summed E-state index contributed by atoms with van der Waals surface area (Å²) in [5.41, 5.74) is 0. The largest absolute Gasteiger partial charge is 0.413 e. The highest BCUT2D eigenvalue weighted by atomic mass is 35.5. The number of rotatable bonds is 9. The lowest BCUT2D eigenvalue weighted by Crippen LogP contribution is -2.24. The van der Waals surface area contributed by atoms with Crippen LogP contribution in [0.25, 0.3) is 0 Å². The zero-order chi connectivity index (χ0) is 18.5. The zero-order valence-corrected chi connectivity index (χ0v) is 15.9.